The predicted molar refractivity (Wildman–Crippen MR) is 96.5 cm³/mol. The molecule has 0 atom stereocenters. The lowest BCUT2D eigenvalue weighted by Crippen LogP contribution is -1.98. The smallest absolute Gasteiger partial charge is 0.270 e. The number of allylic oxidation sites excluding steroid dienone is 2. The minimum atomic E-state index is -0.412. The van der Waals surface area contributed by atoms with Crippen LogP contribution in [0.2, 0.25) is 0 Å². The number of rotatable bonds is 2. The van der Waals surface area contributed by atoms with Crippen LogP contribution in [0.1, 0.15) is 31.2 Å². The molecule has 1 aliphatic heterocycles. The van der Waals surface area contributed by atoms with Gasteiger partial charge in [-0.25, -0.2) is 0 Å². The largest absolute Gasteiger partial charge is 0.289 e. The van der Waals surface area contributed by atoms with Gasteiger partial charge >= 0.3 is 0 Å². The Hall–Kier alpha value is -1.53. The summed E-state index contributed by atoms with van der Waals surface area (Å²) in [6.45, 7) is 0. The molecule has 1 heterocycles. The van der Waals surface area contributed by atoms with Gasteiger partial charge in [-0.05, 0) is 48.8 Å². The number of non-ortho nitro benzene ring substituents is 1. The third-order valence-corrected chi connectivity index (χ3v) is 6.59. The highest BCUT2D eigenvalue weighted by molar-refractivity contribution is 8.22. The number of carbonyl (C=O) groups excluding carboxylic acids is 1. The molecule has 120 valence electrons. The monoisotopic (exact) mass is 347 g/mol. The zero-order valence-corrected chi connectivity index (χ0v) is 14.3. The van der Waals surface area contributed by atoms with Crippen molar-refractivity contribution in [3.8, 4) is 0 Å². The van der Waals surface area contributed by atoms with Crippen LogP contribution in [0.3, 0.4) is 0 Å². The van der Waals surface area contributed by atoms with E-state index in [0.29, 0.717) is 0 Å². The van der Waals surface area contributed by atoms with E-state index in [-0.39, 0.29) is 11.5 Å². The molecule has 3 rings (SSSR count). The lowest BCUT2D eigenvalue weighted by Gasteiger charge is -2.05. The molecule has 2 fully saturated rings. The van der Waals surface area contributed by atoms with E-state index in [1.165, 1.54) is 29.2 Å². The van der Waals surface area contributed by atoms with Gasteiger partial charge in [0.1, 0.15) is 0 Å². The zero-order valence-electron chi connectivity index (χ0n) is 12.6. The Labute approximate surface area is 143 Å². The molecule has 0 bridgehead atoms. The molecule has 23 heavy (non-hydrogen) atoms. The van der Waals surface area contributed by atoms with Gasteiger partial charge in [-0.1, -0.05) is 12.1 Å². The minimum Gasteiger partial charge on any atom is -0.289 e. The molecule has 4 nitrogen and oxygen atoms in total. The van der Waals surface area contributed by atoms with Crippen LogP contribution < -0.4 is 0 Å². The quantitative estimate of drug-likeness (QED) is 0.436. The molecule has 1 aromatic rings. The summed E-state index contributed by atoms with van der Waals surface area (Å²) >= 11 is 3.61. The van der Waals surface area contributed by atoms with Crippen molar-refractivity contribution < 1.29 is 9.72 Å². The normalized spacial score (nSPS) is 20.9. The number of hydrogen-bond donors (Lipinski definition) is 0. The van der Waals surface area contributed by atoms with Gasteiger partial charge in [-0.3, -0.25) is 14.9 Å². The van der Waals surface area contributed by atoms with Gasteiger partial charge in [0.05, 0.1) is 4.92 Å². The van der Waals surface area contributed by atoms with E-state index >= 15 is 0 Å². The van der Waals surface area contributed by atoms with Crippen molar-refractivity contribution in [2.75, 3.05) is 11.5 Å². The summed E-state index contributed by atoms with van der Waals surface area (Å²) in [5, 5.41) is 10.9. The Morgan fingerprint density at radius 2 is 1.87 bits per heavy atom. The third-order valence-electron chi connectivity index (χ3n) is 3.88. The van der Waals surface area contributed by atoms with Crippen molar-refractivity contribution in [2.24, 2.45) is 0 Å². The van der Waals surface area contributed by atoms with Gasteiger partial charge in [-0.15, -0.1) is 23.5 Å². The number of nitrogens with zero attached hydrogens (tertiary/aromatic N) is 1. The maximum Gasteiger partial charge on any atom is 0.270 e. The van der Waals surface area contributed by atoms with Crippen molar-refractivity contribution in [2.45, 2.75) is 25.7 Å². The van der Waals surface area contributed by atoms with Gasteiger partial charge in [0, 0.05) is 27.5 Å². The lowest BCUT2D eigenvalue weighted by atomic mass is 10.1. The van der Waals surface area contributed by atoms with E-state index in [1.54, 1.807) is 41.7 Å². The Morgan fingerprint density at radius 3 is 2.57 bits per heavy atom. The van der Waals surface area contributed by atoms with Crippen LogP contribution >= 0.6 is 23.5 Å². The first-order valence-electron chi connectivity index (χ1n) is 7.63. The van der Waals surface area contributed by atoms with E-state index < -0.39 is 4.92 Å². The third kappa shape index (κ3) is 3.87. The first-order valence-corrected chi connectivity index (χ1v) is 9.61. The number of benzene rings is 1. The highest BCUT2D eigenvalue weighted by atomic mass is 32.2. The van der Waals surface area contributed by atoms with Crippen molar-refractivity contribution in [3.63, 3.8) is 0 Å². The van der Waals surface area contributed by atoms with Gasteiger partial charge in [0.25, 0.3) is 5.69 Å². The summed E-state index contributed by atoms with van der Waals surface area (Å²) < 4.78 is 1.19. The Balaban J connectivity index is 1.85. The molecule has 1 saturated heterocycles. The van der Waals surface area contributed by atoms with Crippen molar-refractivity contribution >= 4 is 41.1 Å². The molecule has 6 heteroatoms. The number of thioether (sulfide) groups is 2. The summed E-state index contributed by atoms with van der Waals surface area (Å²) in [5.41, 5.74) is 2.48. The van der Waals surface area contributed by atoms with Gasteiger partial charge in [0.15, 0.2) is 5.78 Å². The highest BCUT2D eigenvalue weighted by Gasteiger charge is 2.27. The second-order valence-electron chi connectivity index (χ2n) is 5.52. The van der Waals surface area contributed by atoms with Crippen LogP contribution in [0.25, 0.3) is 6.08 Å². The van der Waals surface area contributed by atoms with E-state index in [2.05, 4.69) is 0 Å². The first kappa shape index (κ1) is 16.3. The maximum atomic E-state index is 12.7. The summed E-state index contributed by atoms with van der Waals surface area (Å²) in [6, 6.07) is 6.43. The maximum absolute atomic E-state index is 12.7. The van der Waals surface area contributed by atoms with E-state index in [4.69, 9.17) is 0 Å². The number of hydrogen-bond acceptors (Lipinski definition) is 5. The van der Waals surface area contributed by atoms with Crippen LogP contribution in [0.4, 0.5) is 5.69 Å². The van der Waals surface area contributed by atoms with Gasteiger partial charge in [-0.2, -0.15) is 0 Å². The molecule has 0 spiro atoms. The molecular weight excluding hydrogens is 330 g/mol. The Bertz CT molecular complexity index is 700. The zero-order chi connectivity index (χ0) is 16.2. The predicted octanol–water partition coefficient (Wildman–Crippen LogP) is 4.81. The number of nitro benzene ring substituents is 1. The van der Waals surface area contributed by atoms with E-state index in [0.717, 1.165) is 41.1 Å². The first-order chi connectivity index (χ1) is 11.1. The SMILES string of the molecule is O=C1C(=Cc2cccc([N+](=O)[O-])c2)CCC1=C1SCCCCS1. The Morgan fingerprint density at radius 1 is 1.13 bits per heavy atom. The fraction of sp³-hybridized carbons (Fsp3) is 0.353. The second kappa shape index (κ2) is 7.36. The molecule has 0 aromatic heterocycles. The molecule has 0 unspecified atom stereocenters. The number of carbonyl (C=O) groups is 1. The molecule has 0 radical (unpaired) electrons. The number of nitro groups is 1. The van der Waals surface area contributed by atoms with Crippen LogP contribution in [-0.4, -0.2) is 22.2 Å². The molecule has 2 aliphatic rings. The molecule has 1 aliphatic carbocycles. The van der Waals surface area contributed by atoms with E-state index in [1.807, 2.05) is 0 Å². The Kier molecular flexibility index (Phi) is 5.23. The lowest BCUT2D eigenvalue weighted by molar-refractivity contribution is -0.384. The topological polar surface area (TPSA) is 60.2 Å². The second-order valence-corrected chi connectivity index (χ2v) is 7.99. The summed E-state index contributed by atoms with van der Waals surface area (Å²) in [4.78, 5) is 23.1. The number of Topliss-reactive ketones (excluding diaryl/α,β-unsaturated/α-hetero) is 1. The molecule has 1 saturated carbocycles. The van der Waals surface area contributed by atoms with Crippen molar-refractivity contribution in [3.05, 3.63) is 55.3 Å². The molecule has 0 amide bonds. The fourth-order valence-electron chi connectivity index (χ4n) is 2.69. The van der Waals surface area contributed by atoms with Crippen molar-refractivity contribution in [1.29, 1.82) is 0 Å². The molecular formula is C17H17NO3S2. The van der Waals surface area contributed by atoms with Gasteiger partial charge < -0.3 is 0 Å². The fourth-order valence-corrected chi connectivity index (χ4v) is 5.33. The van der Waals surface area contributed by atoms with Crippen LogP contribution in [-0.2, 0) is 4.79 Å². The summed E-state index contributed by atoms with van der Waals surface area (Å²) in [5.74, 6) is 2.29. The number of ketones is 1. The summed E-state index contributed by atoms with van der Waals surface area (Å²) in [6.07, 6.45) is 5.73. The standard InChI is InChI=1S/C17H17NO3S2/c19-16-13(10-12-4-3-5-14(11-12)18(20)21)6-7-15(16)17-22-8-1-2-9-23-17/h3-5,10-11H,1-2,6-9H2. The average molecular weight is 347 g/mol. The molecule has 0 N–H and O–H groups in total. The average Bonchev–Trinajstić information content (AvgIpc) is 2.77. The van der Waals surface area contributed by atoms with Crippen LogP contribution in [0, 0.1) is 10.1 Å². The highest BCUT2D eigenvalue weighted by Crippen LogP contribution is 2.41. The summed E-state index contributed by atoms with van der Waals surface area (Å²) in [7, 11) is 0. The molecule has 1 aromatic carbocycles. The minimum absolute atomic E-state index is 0.0539. The van der Waals surface area contributed by atoms with E-state index in [9.17, 15) is 14.9 Å². The van der Waals surface area contributed by atoms with Crippen LogP contribution in [0.15, 0.2) is 39.6 Å². The van der Waals surface area contributed by atoms with Crippen molar-refractivity contribution in [1.82, 2.24) is 0 Å². The van der Waals surface area contributed by atoms with Gasteiger partial charge in [0.2, 0.25) is 0 Å². The van der Waals surface area contributed by atoms with Crippen LogP contribution in [0.5, 0.6) is 0 Å².